The predicted molar refractivity (Wildman–Crippen MR) is 84.0 cm³/mol. The fraction of sp³-hybridized carbons (Fsp3) is 0.941. The smallest absolute Gasteiger partial charge is 0.305 e. The van der Waals surface area contributed by atoms with Crippen molar-refractivity contribution in [3.63, 3.8) is 0 Å². The molecular formula is C17H33NO2. The molecule has 1 aliphatic rings. The Hall–Kier alpha value is -0.570. The van der Waals surface area contributed by atoms with Crippen LogP contribution in [-0.2, 0) is 4.79 Å². The summed E-state index contributed by atoms with van der Waals surface area (Å²) in [5.74, 6) is 0.0768. The van der Waals surface area contributed by atoms with Crippen LogP contribution in [-0.4, -0.2) is 35.1 Å². The first kappa shape index (κ1) is 17.5. The van der Waals surface area contributed by atoms with Gasteiger partial charge in [0.1, 0.15) is 0 Å². The normalized spacial score (nSPS) is 20.0. The third-order valence-corrected chi connectivity index (χ3v) is 5.15. The van der Waals surface area contributed by atoms with Gasteiger partial charge in [0, 0.05) is 12.1 Å². The van der Waals surface area contributed by atoms with E-state index in [-0.39, 0.29) is 5.54 Å². The molecule has 20 heavy (non-hydrogen) atoms. The summed E-state index contributed by atoms with van der Waals surface area (Å²) in [5, 5.41) is 9.29. The van der Waals surface area contributed by atoms with Gasteiger partial charge in [-0.25, -0.2) is 0 Å². The largest absolute Gasteiger partial charge is 0.481 e. The second kappa shape index (κ2) is 8.66. The minimum absolute atomic E-state index is 0.0796. The number of nitrogens with zero attached hydrogens (tertiary/aromatic N) is 1. The number of carbonyl (C=O) groups is 1. The zero-order valence-corrected chi connectivity index (χ0v) is 13.7. The van der Waals surface area contributed by atoms with Crippen molar-refractivity contribution < 1.29 is 9.90 Å². The summed E-state index contributed by atoms with van der Waals surface area (Å²) in [6.45, 7) is 5.56. The standard InChI is InChI=1S/C17H33NO2/c1-4-6-10-15(5-2)14-18(3)17(13-16(19)20)11-8-7-9-12-17/h15H,4-14H2,1-3H3,(H,19,20). The van der Waals surface area contributed by atoms with E-state index in [1.165, 1.54) is 44.9 Å². The molecule has 0 aromatic carbocycles. The number of hydrogen-bond donors (Lipinski definition) is 1. The number of hydrogen-bond acceptors (Lipinski definition) is 2. The number of unbranched alkanes of at least 4 members (excludes halogenated alkanes) is 1. The number of carboxylic acids is 1. The molecule has 0 amide bonds. The zero-order valence-electron chi connectivity index (χ0n) is 13.7. The lowest BCUT2D eigenvalue weighted by molar-refractivity contribution is -0.141. The quantitative estimate of drug-likeness (QED) is 0.685. The van der Waals surface area contributed by atoms with Crippen LogP contribution in [0, 0.1) is 5.92 Å². The van der Waals surface area contributed by atoms with Crippen molar-refractivity contribution in [2.75, 3.05) is 13.6 Å². The van der Waals surface area contributed by atoms with Crippen molar-refractivity contribution in [1.82, 2.24) is 4.90 Å². The maximum Gasteiger partial charge on any atom is 0.305 e. The van der Waals surface area contributed by atoms with Gasteiger partial charge in [-0.15, -0.1) is 0 Å². The highest BCUT2D eigenvalue weighted by Gasteiger charge is 2.38. The van der Waals surface area contributed by atoms with Crippen LogP contribution >= 0.6 is 0 Å². The lowest BCUT2D eigenvalue weighted by Gasteiger charge is -2.45. The van der Waals surface area contributed by atoms with E-state index in [2.05, 4.69) is 25.8 Å². The van der Waals surface area contributed by atoms with Crippen LogP contribution in [0.25, 0.3) is 0 Å². The molecule has 0 heterocycles. The number of aliphatic carboxylic acids is 1. The Morgan fingerprint density at radius 3 is 2.40 bits per heavy atom. The van der Waals surface area contributed by atoms with Gasteiger partial charge >= 0.3 is 5.97 Å². The minimum Gasteiger partial charge on any atom is -0.481 e. The van der Waals surface area contributed by atoms with Crippen LogP contribution in [0.15, 0.2) is 0 Å². The van der Waals surface area contributed by atoms with Crippen LogP contribution in [0.1, 0.15) is 78.1 Å². The van der Waals surface area contributed by atoms with Crippen LogP contribution in [0.4, 0.5) is 0 Å². The van der Waals surface area contributed by atoms with E-state index in [1.807, 2.05) is 0 Å². The number of carboxylic acid groups (broad SMARTS) is 1. The SMILES string of the molecule is CCCCC(CC)CN(C)C1(CC(=O)O)CCCCC1. The Labute approximate surface area is 124 Å². The molecule has 0 bridgehead atoms. The molecule has 1 N–H and O–H groups in total. The third-order valence-electron chi connectivity index (χ3n) is 5.15. The molecular weight excluding hydrogens is 250 g/mol. The van der Waals surface area contributed by atoms with Crippen LogP contribution in [0.5, 0.6) is 0 Å². The van der Waals surface area contributed by atoms with E-state index in [9.17, 15) is 9.90 Å². The highest BCUT2D eigenvalue weighted by atomic mass is 16.4. The summed E-state index contributed by atoms with van der Waals surface area (Å²) in [4.78, 5) is 13.7. The van der Waals surface area contributed by atoms with Gasteiger partial charge in [-0.3, -0.25) is 9.69 Å². The summed E-state index contributed by atoms with van der Waals surface area (Å²) in [6, 6.07) is 0. The van der Waals surface area contributed by atoms with Gasteiger partial charge in [0.15, 0.2) is 0 Å². The first-order valence-electron chi connectivity index (χ1n) is 8.47. The van der Waals surface area contributed by atoms with Crippen molar-refractivity contribution in [2.45, 2.75) is 83.6 Å². The molecule has 0 radical (unpaired) electrons. The molecule has 1 aliphatic carbocycles. The van der Waals surface area contributed by atoms with Gasteiger partial charge < -0.3 is 5.11 Å². The lowest BCUT2D eigenvalue weighted by Crippen LogP contribution is -2.51. The molecule has 0 aliphatic heterocycles. The maximum absolute atomic E-state index is 11.3. The summed E-state index contributed by atoms with van der Waals surface area (Å²) in [7, 11) is 2.16. The van der Waals surface area contributed by atoms with Crippen molar-refractivity contribution in [3.05, 3.63) is 0 Å². The van der Waals surface area contributed by atoms with Gasteiger partial charge in [-0.1, -0.05) is 52.4 Å². The van der Waals surface area contributed by atoms with E-state index in [0.717, 1.165) is 19.4 Å². The van der Waals surface area contributed by atoms with Gasteiger partial charge in [0.2, 0.25) is 0 Å². The average molecular weight is 283 g/mol. The second-order valence-corrected chi connectivity index (χ2v) is 6.65. The molecule has 0 aromatic rings. The highest BCUT2D eigenvalue weighted by Crippen LogP contribution is 2.36. The molecule has 3 nitrogen and oxygen atoms in total. The fourth-order valence-electron chi connectivity index (χ4n) is 3.68. The van der Waals surface area contributed by atoms with Crippen LogP contribution in [0.3, 0.4) is 0 Å². The first-order valence-corrected chi connectivity index (χ1v) is 8.47. The first-order chi connectivity index (χ1) is 9.54. The lowest BCUT2D eigenvalue weighted by atomic mass is 9.77. The second-order valence-electron chi connectivity index (χ2n) is 6.65. The van der Waals surface area contributed by atoms with Crippen molar-refractivity contribution in [2.24, 2.45) is 5.92 Å². The summed E-state index contributed by atoms with van der Waals surface area (Å²) >= 11 is 0. The third kappa shape index (κ3) is 5.08. The molecule has 1 rings (SSSR count). The Morgan fingerprint density at radius 2 is 1.90 bits per heavy atom. The number of rotatable bonds is 9. The maximum atomic E-state index is 11.3. The Balaban J connectivity index is 2.66. The molecule has 1 fully saturated rings. The predicted octanol–water partition coefficient (Wildman–Crippen LogP) is 4.31. The summed E-state index contributed by atoms with van der Waals surface area (Å²) < 4.78 is 0. The monoisotopic (exact) mass is 283 g/mol. The Kier molecular flexibility index (Phi) is 7.57. The van der Waals surface area contributed by atoms with Crippen molar-refractivity contribution in [1.29, 1.82) is 0 Å². The minimum atomic E-state index is -0.639. The molecule has 1 atom stereocenters. The molecule has 1 unspecified atom stereocenters. The Morgan fingerprint density at radius 1 is 1.25 bits per heavy atom. The van der Waals surface area contributed by atoms with Gasteiger partial charge in [0.25, 0.3) is 0 Å². The molecule has 0 spiro atoms. The summed E-state index contributed by atoms with van der Waals surface area (Å²) in [5.41, 5.74) is -0.0796. The molecule has 3 heteroatoms. The topological polar surface area (TPSA) is 40.5 Å². The van der Waals surface area contributed by atoms with Crippen molar-refractivity contribution >= 4 is 5.97 Å². The zero-order chi connectivity index (χ0) is 15.0. The van der Waals surface area contributed by atoms with Crippen molar-refractivity contribution in [3.8, 4) is 0 Å². The average Bonchev–Trinajstić information content (AvgIpc) is 2.43. The summed E-state index contributed by atoms with van der Waals surface area (Å²) in [6.07, 6.45) is 11.1. The van der Waals surface area contributed by atoms with Crippen LogP contribution in [0.2, 0.25) is 0 Å². The Bertz CT molecular complexity index is 285. The molecule has 0 saturated heterocycles. The fourth-order valence-corrected chi connectivity index (χ4v) is 3.68. The van der Waals surface area contributed by atoms with E-state index in [4.69, 9.17) is 0 Å². The van der Waals surface area contributed by atoms with E-state index in [0.29, 0.717) is 12.3 Å². The molecule has 118 valence electrons. The van der Waals surface area contributed by atoms with E-state index in [1.54, 1.807) is 0 Å². The van der Waals surface area contributed by atoms with Gasteiger partial charge in [0.05, 0.1) is 6.42 Å². The van der Waals surface area contributed by atoms with Gasteiger partial charge in [-0.05, 0) is 32.2 Å². The molecule has 0 aromatic heterocycles. The highest BCUT2D eigenvalue weighted by molar-refractivity contribution is 5.68. The molecule has 1 saturated carbocycles. The van der Waals surface area contributed by atoms with Crippen LogP contribution < -0.4 is 0 Å². The van der Waals surface area contributed by atoms with E-state index < -0.39 is 5.97 Å². The van der Waals surface area contributed by atoms with E-state index >= 15 is 0 Å². The van der Waals surface area contributed by atoms with Gasteiger partial charge in [-0.2, -0.15) is 0 Å².